The number of nitrogens with zero attached hydrogens (tertiary/aromatic N) is 1. The number of para-hydroxylation sites is 1. The summed E-state index contributed by atoms with van der Waals surface area (Å²) in [5.41, 5.74) is 5.89. The maximum absolute atomic E-state index is 2.36. The second kappa shape index (κ2) is 9.81. The highest BCUT2D eigenvalue weighted by molar-refractivity contribution is 7.26. The summed E-state index contributed by atoms with van der Waals surface area (Å²) < 4.78 is 5.34. The Labute approximate surface area is 257 Å². The first-order valence-electron chi connectivity index (χ1n) is 14.5. The van der Waals surface area contributed by atoms with Gasteiger partial charge < -0.3 is 4.90 Å². The molecule has 9 aromatic rings. The third-order valence-electron chi connectivity index (χ3n) is 8.43. The van der Waals surface area contributed by atoms with Crippen molar-refractivity contribution >= 4 is 90.9 Å². The van der Waals surface area contributed by atoms with Crippen molar-refractivity contribution in [2.24, 2.45) is 0 Å². The Morgan fingerprint density at radius 3 is 1.67 bits per heavy atom. The van der Waals surface area contributed by atoms with Crippen LogP contribution in [0.15, 0.2) is 152 Å². The van der Waals surface area contributed by atoms with Crippen molar-refractivity contribution < 1.29 is 0 Å². The van der Waals surface area contributed by atoms with E-state index in [2.05, 4.69) is 157 Å². The Morgan fingerprint density at radius 2 is 0.907 bits per heavy atom. The Bertz CT molecular complexity index is 2450. The molecule has 9 rings (SSSR count). The van der Waals surface area contributed by atoms with Gasteiger partial charge in [0.05, 0.1) is 0 Å². The number of hydrogen-bond donors (Lipinski definition) is 0. The minimum atomic E-state index is 1.14. The summed E-state index contributed by atoms with van der Waals surface area (Å²) in [4.78, 5) is 2.36. The molecule has 2 heterocycles. The van der Waals surface area contributed by atoms with E-state index in [0.29, 0.717) is 0 Å². The molecule has 3 heteroatoms. The van der Waals surface area contributed by atoms with E-state index in [1.54, 1.807) is 0 Å². The molecular weight excluding hydrogens is 559 g/mol. The number of anilines is 3. The number of thiophene rings is 2. The van der Waals surface area contributed by atoms with Crippen molar-refractivity contribution in [1.82, 2.24) is 0 Å². The lowest BCUT2D eigenvalue weighted by Gasteiger charge is -2.26. The van der Waals surface area contributed by atoms with Crippen molar-refractivity contribution in [3.63, 3.8) is 0 Å². The summed E-state index contributed by atoms with van der Waals surface area (Å²) in [5, 5.41) is 7.87. The zero-order valence-electron chi connectivity index (χ0n) is 23.2. The molecular formula is C40H25NS2. The molecule has 43 heavy (non-hydrogen) atoms. The van der Waals surface area contributed by atoms with Gasteiger partial charge in [-0.2, -0.15) is 0 Å². The number of benzene rings is 7. The zero-order valence-corrected chi connectivity index (χ0v) is 24.8. The third-order valence-corrected chi connectivity index (χ3v) is 10.7. The predicted octanol–water partition coefficient (Wildman–Crippen LogP) is 12.7. The number of rotatable bonds is 4. The highest BCUT2D eigenvalue weighted by Gasteiger charge is 2.15. The standard InChI is InChI=1S/C40H25NS2/c1-2-8-30(9-3-1)41(32-20-21-39-36(25-32)34-11-5-6-12-37(34)42-39)31-18-16-26(17-19-31)27-14-15-28-24-40-35(23-29(28)22-27)33-10-4-7-13-38(33)43-40/h1-25H. The first-order chi connectivity index (χ1) is 21.3. The van der Waals surface area contributed by atoms with Crippen molar-refractivity contribution in [3.05, 3.63) is 152 Å². The molecule has 0 saturated heterocycles. The van der Waals surface area contributed by atoms with E-state index < -0.39 is 0 Å². The molecule has 0 spiro atoms. The van der Waals surface area contributed by atoms with Crippen LogP contribution < -0.4 is 4.90 Å². The van der Waals surface area contributed by atoms with Crippen LogP contribution in [-0.4, -0.2) is 0 Å². The number of hydrogen-bond acceptors (Lipinski definition) is 3. The quantitative estimate of drug-likeness (QED) is 0.199. The first kappa shape index (κ1) is 24.6. The van der Waals surface area contributed by atoms with Crippen LogP contribution in [0.1, 0.15) is 0 Å². The van der Waals surface area contributed by atoms with Gasteiger partial charge in [-0.1, -0.05) is 78.9 Å². The maximum Gasteiger partial charge on any atom is 0.0468 e. The lowest BCUT2D eigenvalue weighted by Crippen LogP contribution is -2.09. The van der Waals surface area contributed by atoms with E-state index in [1.165, 1.54) is 62.2 Å². The molecule has 1 nitrogen and oxygen atoms in total. The summed E-state index contributed by atoms with van der Waals surface area (Å²) in [7, 11) is 0. The third kappa shape index (κ3) is 4.12. The fourth-order valence-corrected chi connectivity index (χ4v) is 8.55. The molecule has 7 aromatic carbocycles. The van der Waals surface area contributed by atoms with Gasteiger partial charge in [-0.25, -0.2) is 0 Å². The average Bonchev–Trinajstić information content (AvgIpc) is 3.62. The summed E-state index contributed by atoms with van der Waals surface area (Å²) in [6.07, 6.45) is 0. The van der Waals surface area contributed by atoms with Crippen LogP contribution in [-0.2, 0) is 0 Å². The van der Waals surface area contributed by atoms with E-state index in [1.807, 2.05) is 22.7 Å². The van der Waals surface area contributed by atoms with Gasteiger partial charge in [0.1, 0.15) is 0 Å². The van der Waals surface area contributed by atoms with Gasteiger partial charge in [-0.15, -0.1) is 22.7 Å². The van der Waals surface area contributed by atoms with Crippen LogP contribution in [0.4, 0.5) is 17.1 Å². The second-order valence-electron chi connectivity index (χ2n) is 11.0. The van der Waals surface area contributed by atoms with Crippen molar-refractivity contribution in [1.29, 1.82) is 0 Å². The zero-order chi connectivity index (χ0) is 28.3. The Kier molecular flexibility index (Phi) is 5.62. The first-order valence-corrected chi connectivity index (χ1v) is 16.1. The fraction of sp³-hybridized carbons (Fsp3) is 0. The van der Waals surface area contributed by atoms with Crippen LogP contribution in [0, 0.1) is 0 Å². The largest absolute Gasteiger partial charge is 0.310 e. The van der Waals surface area contributed by atoms with E-state index in [4.69, 9.17) is 0 Å². The highest BCUT2D eigenvalue weighted by atomic mass is 32.1. The van der Waals surface area contributed by atoms with Gasteiger partial charge in [-0.3, -0.25) is 0 Å². The van der Waals surface area contributed by atoms with Crippen LogP contribution in [0.3, 0.4) is 0 Å². The van der Waals surface area contributed by atoms with Gasteiger partial charge in [0.25, 0.3) is 0 Å². The highest BCUT2D eigenvalue weighted by Crippen LogP contribution is 2.41. The van der Waals surface area contributed by atoms with Crippen molar-refractivity contribution in [2.45, 2.75) is 0 Å². The summed E-state index contributed by atoms with van der Waals surface area (Å²) >= 11 is 3.73. The predicted molar refractivity (Wildman–Crippen MR) is 190 cm³/mol. The maximum atomic E-state index is 2.36. The van der Waals surface area contributed by atoms with E-state index >= 15 is 0 Å². The molecule has 0 unspecified atom stereocenters. The topological polar surface area (TPSA) is 3.24 Å². The minimum absolute atomic E-state index is 1.14. The monoisotopic (exact) mass is 583 g/mol. The Balaban J connectivity index is 1.13. The second-order valence-corrected chi connectivity index (χ2v) is 13.2. The van der Waals surface area contributed by atoms with Crippen LogP contribution in [0.2, 0.25) is 0 Å². The van der Waals surface area contributed by atoms with Crippen LogP contribution in [0.25, 0.3) is 62.2 Å². The molecule has 0 amide bonds. The Morgan fingerprint density at radius 1 is 0.326 bits per heavy atom. The lowest BCUT2D eigenvalue weighted by atomic mass is 9.99. The Hall–Kier alpha value is -4.96. The molecule has 0 aliphatic carbocycles. The molecule has 0 radical (unpaired) electrons. The minimum Gasteiger partial charge on any atom is -0.310 e. The van der Waals surface area contributed by atoms with Gasteiger partial charge in [0, 0.05) is 57.4 Å². The van der Waals surface area contributed by atoms with Gasteiger partial charge in [0.15, 0.2) is 0 Å². The molecule has 0 saturated carbocycles. The van der Waals surface area contributed by atoms with Gasteiger partial charge in [-0.05, 0) is 94.7 Å². The molecule has 0 aliphatic heterocycles. The molecule has 2 aromatic heterocycles. The molecule has 0 atom stereocenters. The molecule has 202 valence electrons. The summed E-state index contributed by atoms with van der Waals surface area (Å²) in [6, 6.07) is 55.5. The lowest BCUT2D eigenvalue weighted by molar-refractivity contribution is 1.29. The fourth-order valence-electron chi connectivity index (χ4n) is 6.33. The van der Waals surface area contributed by atoms with Crippen LogP contribution >= 0.6 is 22.7 Å². The molecule has 0 bridgehead atoms. The van der Waals surface area contributed by atoms with E-state index in [0.717, 1.165) is 17.1 Å². The molecule has 0 aliphatic rings. The van der Waals surface area contributed by atoms with Crippen LogP contribution in [0.5, 0.6) is 0 Å². The molecule has 0 fully saturated rings. The van der Waals surface area contributed by atoms with Gasteiger partial charge >= 0.3 is 0 Å². The molecule has 0 N–H and O–H groups in total. The smallest absolute Gasteiger partial charge is 0.0468 e. The number of fused-ring (bicyclic) bond motifs is 7. The van der Waals surface area contributed by atoms with E-state index in [-0.39, 0.29) is 0 Å². The van der Waals surface area contributed by atoms with E-state index in [9.17, 15) is 0 Å². The average molecular weight is 584 g/mol. The summed E-state index contributed by atoms with van der Waals surface area (Å²) in [5.74, 6) is 0. The SMILES string of the molecule is c1ccc(N(c2ccc(-c3ccc4cc5sc6ccccc6c5cc4c3)cc2)c2ccc3sc4ccccc4c3c2)cc1. The van der Waals surface area contributed by atoms with Crippen molar-refractivity contribution in [3.8, 4) is 11.1 Å². The summed E-state index contributed by atoms with van der Waals surface area (Å²) in [6.45, 7) is 0. The normalized spacial score (nSPS) is 11.7. The van der Waals surface area contributed by atoms with Gasteiger partial charge in [0.2, 0.25) is 0 Å². The van der Waals surface area contributed by atoms with Crippen molar-refractivity contribution in [2.75, 3.05) is 4.90 Å².